The fourth-order valence-electron chi connectivity index (χ4n) is 3.12. The highest BCUT2D eigenvalue weighted by Crippen LogP contribution is 2.40. The number of fused-ring (bicyclic) bond motifs is 2. The Bertz CT molecular complexity index is 1130. The van der Waals surface area contributed by atoms with Gasteiger partial charge < -0.3 is 14.6 Å². The molecule has 0 saturated heterocycles. The van der Waals surface area contributed by atoms with Crippen LogP contribution in [0.25, 0.3) is 33.4 Å². The summed E-state index contributed by atoms with van der Waals surface area (Å²) in [6.07, 6.45) is 0. The summed E-state index contributed by atoms with van der Waals surface area (Å²) in [7, 11) is 1.38. The molecule has 2 aromatic carbocycles. The molecule has 0 unspecified atom stereocenters. The quantitative estimate of drug-likeness (QED) is 0.436. The SMILES string of the molecule is COC(=O)c1ccccc1-c1c2ccc(=N)cc-2oc2ccccc12. The molecule has 0 bridgehead atoms. The molecule has 2 aromatic rings. The Hall–Kier alpha value is -3.40. The lowest BCUT2D eigenvalue weighted by atomic mass is 9.91. The summed E-state index contributed by atoms with van der Waals surface area (Å²) in [5.41, 5.74) is 3.74. The Morgan fingerprint density at radius 2 is 1.72 bits per heavy atom. The van der Waals surface area contributed by atoms with E-state index >= 15 is 0 Å². The molecule has 0 amide bonds. The van der Waals surface area contributed by atoms with Crippen LogP contribution in [0, 0.1) is 5.41 Å². The number of esters is 1. The Labute approximate surface area is 144 Å². The first-order valence-electron chi connectivity index (χ1n) is 7.87. The van der Waals surface area contributed by atoms with Gasteiger partial charge in [-0.1, -0.05) is 36.4 Å². The highest BCUT2D eigenvalue weighted by atomic mass is 16.5. The van der Waals surface area contributed by atoms with Crippen molar-refractivity contribution in [3.8, 4) is 22.5 Å². The average Bonchev–Trinajstić information content (AvgIpc) is 2.65. The number of nitrogens with one attached hydrogen (secondary N) is 1. The highest BCUT2D eigenvalue weighted by molar-refractivity contribution is 6.07. The zero-order valence-corrected chi connectivity index (χ0v) is 13.6. The minimum atomic E-state index is -0.384. The van der Waals surface area contributed by atoms with Crippen molar-refractivity contribution in [1.29, 1.82) is 5.41 Å². The van der Waals surface area contributed by atoms with Crippen LogP contribution in [0.1, 0.15) is 10.4 Å². The van der Waals surface area contributed by atoms with Crippen LogP contribution in [0.4, 0.5) is 0 Å². The average molecular weight is 329 g/mol. The summed E-state index contributed by atoms with van der Waals surface area (Å²) in [5, 5.41) is 9.15. The van der Waals surface area contributed by atoms with Gasteiger partial charge in [0.15, 0.2) is 0 Å². The second-order valence-corrected chi connectivity index (χ2v) is 5.72. The maximum atomic E-state index is 12.3. The lowest BCUT2D eigenvalue weighted by Crippen LogP contribution is -2.05. The first-order valence-corrected chi connectivity index (χ1v) is 7.87. The Morgan fingerprint density at radius 1 is 0.960 bits per heavy atom. The fraction of sp³-hybridized carbons (Fsp3) is 0.0476. The summed E-state index contributed by atoms with van der Waals surface area (Å²) in [5.74, 6) is 0.228. The molecule has 4 heteroatoms. The number of carbonyl (C=O) groups is 1. The summed E-state index contributed by atoms with van der Waals surface area (Å²) in [6.45, 7) is 0. The van der Waals surface area contributed by atoms with Crippen molar-refractivity contribution in [2.45, 2.75) is 0 Å². The van der Waals surface area contributed by atoms with E-state index < -0.39 is 0 Å². The molecule has 1 heterocycles. The summed E-state index contributed by atoms with van der Waals surface area (Å²) < 4.78 is 10.9. The van der Waals surface area contributed by atoms with E-state index in [-0.39, 0.29) is 5.97 Å². The number of ether oxygens (including phenoxy) is 1. The molecule has 4 nitrogen and oxygen atoms in total. The van der Waals surface area contributed by atoms with E-state index in [0.717, 1.165) is 22.1 Å². The predicted molar refractivity (Wildman–Crippen MR) is 95.5 cm³/mol. The lowest BCUT2D eigenvalue weighted by Gasteiger charge is -2.17. The molecule has 0 fully saturated rings. The highest BCUT2D eigenvalue weighted by Gasteiger charge is 2.21. The zero-order valence-electron chi connectivity index (χ0n) is 13.6. The lowest BCUT2D eigenvalue weighted by molar-refractivity contribution is 0.0601. The van der Waals surface area contributed by atoms with Gasteiger partial charge in [0.1, 0.15) is 11.3 Å². The van der Waals surface area contributed by atoms with Gasteiger partial charge in [-0.2, -0.15) is 0 Å². The van der Waals surface area contributed by atoms with E-state index in [9.17, 15) is 4.79 Å². The van der Waals surface area contributed by atoms with Crippen molar-refractivity contribution in [3.63, 3.8) is 0 Å². The molecule has 0 spiro atoms. The summed E-state index contributed by atoms with van der Waals surface area (Å²) >= 11 is 0. The number of carbonyl (C=O) groups excluding carboxylic acids is 1. The topological polar surface area (TPSA) is 63.3 Å². The van der Waals surface area contributed by atoms with Crippen molar-refractivity contribution in [1.82, 2.24) is 0 Å². The number of hydrogen-bond acceptors (Lipinski definition) is 4. The molecule has 0 radical (unpaired) electrons. The van der Waals surface area contributed by atoms with Crippen LogP contribution in [-0.4, -0.2) is 13.1 Å². The van der Waals surface area contributed by atoms with Gasteiger partial charge in [-0.05, 0) is 29.8 Å². The fourth-order valence-corrected chi connectivity index (χ4v) is 3.12. The molecule has 0 aromatic heterocycles. The molecule has 25 heavy (non-hydrogen) atoms. The van der Waals surface area contributed by atoms with Crippen LogP contribution >= 0.6 is 0 Å². The van der Waals surface area contributed by atoms with Gasteiger partial charge in [-0.25, -0.2) is 4.79 Å². The van der Waals surface area contributed by atoms with Crippen molar-refractivity contribution in [2.24, 2.45) is 0 Å². The Kier molecular flexibility index (Phi) is 3.58. The number of methoxy groups -OCH3 is 1. The van der Waals surface area contributed by atoms with Gasteiger partial charge in [0.2, 0.25) is 0 Å². The molecular weight excluding hydrogens is 314 g/mol. The maximum Gasteiger partial charge on any atom is 0.338 e. The van der Waals surface area contributed by atoms with E-state index in [1.54, 1.807) is 18.2 Å². The second-order valence-electron chi connectivity index (χ2n) is 5.72. The molecule has 4 rings (SSSR count). The number of benzene rings is 3. The minimum absolute atomic E-state index is 0.374. The van der Waals surface area contributed by atoms with E-state index in [2.05, 4.69) is 0 Å². The maximum absolute atomic E-state index is 12.3. The van der Waals surface area contributed by atoms with Crippen LogP contribution in [0.15, 0.2) is 71.1 Å². The van der Waals surface area contributed by atoms with Gasteiger partial charge in [0.05, 0.1) is 18.0 Å². The molecule has 0 saturated carbocycles. The summed E-state index contributed by atoms with van der Waals surface area (Å²) in [4.78, 5) is 12.3. The van der Waals surface area contributed by atoms with Gasteiger partial charge in [0, 0.05) is 22.6 Å². The van der Waals surface area contributed by atoms with Crippen LogP contribution in [0.5, 0.6) is 0 Å². The normalized spacial score (nSPS) is 10.9. The van der Waals surface area contributed by atoms with Gasteiger partial charge in [0.25, 0.3) is 0 Å². The monoisotopic (exact) mass is 329 g/mol. The molecular formula is C21H15NO3. The van der Waals surface area contributed by atoms with E-state index in [0.29, 0.717) is 22.3 Å². The molecule has 1 aliphatic heterocycles. The summed E-state index contributed by atoms with van der Waals surface area (Å²) in [6, 6.07) is 20.3. The van der Waals surface area contributed by atoms with Gasteiger partial charge >= 0.3 is 5.97 Å². The third-order valence-corrected chi connectivity index (χ3v) is 4.23. The molecule has 122 valence electrons. The van der Waals surface area contributed by atoms with Crippen molar-refractivity contribution >= 4 is 16.9 Å². The van der Waals surface area contributed by atoms with Gasteiger partial charge in [-0.15, -0.1) is 0 Å². The molecule has 0 atom stereocenters. The number of rotatable bonds is 2. The third kappa shape index (κ3) is 2.48. The Balaban J connectivity index is 2.18. The molecule has 1 N–H and O–H groups in total. The van der Waals surface area contributed by atoms with E-state index in [1.807, 2.05) is 48.5 Å². The zero-order chi connectivity index (χ0) is 17.4. The number of hydrogen-bond donors (Lipinski definition) is 1. The van der Waals surface area contributed by atoms with E-state index in [4.69, 9.17) is 14.6 Å². The van der Waals surface area contributed by atoms with Crippen molar-refractivity contribution in [2.75, 3.05) is 7.11 Å². The largest absolute Gasteiger partial charge is 0.465 e. The molecule has 1 aliphatic carbocycles. The third-order valence-electron chi connectivity index (χ3n) is 4.23. The van der Waals surface area contributed by atoms with Crippen LogP contribution in [0.3, 0.4) is 0 Å². The standard InChI is InChI=1S/C21H15NO3/c1-24-21(23)15-7-3-2-6-14(15)20-16-8-4-5-9-18(16)25-19-12-13(22)10-11-17(19)20/h2-12,22H,1H3. The smallest absolute Gasteiger partial charge is 0.338 e. The van der Waals surface area contributed by atoms with Crippen molar-refractivity contribution < 1.29 is 13.9 Å². The molecule has 2 aliphatic rings. The van der Waals surface area contributed by atoms with Crippen LogP contribution in [0.2, 0.25) is 0 Å². The predicted octanol–water partition coefficient (Wildman–Crippen LogP) is 4.47. The van der Waals surface area contributed by atoms with Crippen molar-refractivity contribution in [3.05, 3.63) is 77.7 Å². The first-order chi connectivity index (χ1) is 12.2. The first kappa shape index (κ1) is 15.1. The van der Waals surface area contributed by atoms with Crippen LogP contribution < -0.4 is 5.36 Å². The minimum Gasteiger partial charge on any atom is -0.465 e. The van der Waals surface area contributed by atoms with Gasteiger partial charge in [-0.3, -0.25) is 0 Å². The second kappa shape index (κ2) is 5.91. The Morgan fingerprint density at radius 3 is 2.56 bits per heavy atom. The van der Waals surface area contributed by atoms with E-state index in [1.165, 1.54) is 7.11 Å². The number of para-hydroxylation sites is 1. The van der Waals surface area contributed by atoms with Crippen LogP contribution in [-0.2, 0) is 4.74 Å².